The summed E-state index contributed by atoms with van der Waals surface area (Å²) < 4.78 is 29.1. The SMILES string of the molecule is CC(=O)OCC(F)=CC1(c2ccc3c(c2)OCO3)CC1. The summed E-state index contributed by atoms with van der Waals surface area (Å²) in [5, 5.41) is 0. The van der Waals surface area contributed by atoms with Crippen LogP contribution >= 0.6 is 0 Å². The van der Waals surface area contributed by atoms with E-state index in [0.29, 0.717) is 11.5 Å². The summed E-state index contributed by atoms with van der Waals surface area (Å²) >= 11 is 0. The minimum absolute atomic E-state index is 0.225. The molecule has 106 valence electrons. The summed E-state index contributed by atoms with van der Waals surface area (Å²) in [6.45, 7) is 1.18. The average molecular weight is 278 g/mol. The molecule has 1 aromatic rings. The number of ether oxygens (including phenoxy) is 3. The molecule has 0 unspecified atom stereocenters. The van der Waals surface area contributed by atoms with Crippen molar-refractivity contribution in [1.29, 1.82) is 0 Å². The first-order chi connectivity index (χ1) is 9.59. The van der Waals surface area contributed by atoms with Crippen molar-refractivity contribution in [2.45, 2.75) is 25.2 Å². The van der Waals surface area contributed by atoms with Crippen molar-refractivity contribution in [3.63, 3.8) is 0 Å². The summed E-state index contributed by atoms with van der Waals surface area (Å²) in [5.74, 6) is 0.508. The number of hydrogen-bond acceptors (Lipinski definition) is 4. The molecule has 0 bridgehead atoms. The highest BCUT2D eigenvalue weighted by molar-refractivity contribution is 5.66. The lowest BCUT2D eigenvalue weighted by molar-refractivity contribution is -0.140. The standard InChI is InChI=1S/C15H15FO4/c1-10(17)18-8-12(16)7-15(4-5-15)11-2-3-13-14(6-11)20-9-19-13/h2-3,6-7H,4-5,8-9H2,1H3. The van der Waals surface area contributed by atoms with Gasteiger partial charge in [-0.1, -0.05) is 6.07 Å². The molecule has 0 atom stereocenters. The molecular weight excluding hydrogens is 263 g/mol. The molecule has 1 fully saturated rings. The summed E-state index contributed by atoms with van der Waals surface area (Å²) in [5.41, 5.74) is 0.699. The fourth-order valence-electron chi connectivity index (χ4n) is 2.37. The number of halogens is 1. The summed E-state index contributed by atoms with van der Waals surface area (Å²) in [6.07, 6.45) is 3.30. The maximum Gasteiger partial charge on any atom is 0.303 e. The molecular formula is C15H15FO4. The van der Waals surface area contributed by atoms with Crippen LogP contribution in [0, 0.1) is 0 Å². The fraction of sp³-hybridized carbons (Fsp3) is 0.400. The Morgan fingerprint density at radius 2 is 2.15 bits per heavy atom. The highest BCUT2D eigenvalue weighted by atomic mass is 19.1. The molecule has 1 aliphatic carbocycles. The highest BCUT2D eigenvalue weighted by Gasteiger charge is 2.43. The van der Waals surface area contributed by atoms with Gasteiger partial charge in [0.05, 0.1) is 0 Å². The number of rotatable bonds is 4. The van der Waals surface area contributed by atoms with Crippen LogP contribution in [0.25, 0.3) is 0 Å². The lowest BCUT2D eigenvalue weighted by Gasteiger charge is -2.12. The molecule has 1 saturated carbocycles. The molecule has 4 nitrogen and oxygen atoms in total. The molecule has 2 aliphatic rings. The van der Waals surface area contributed by atoms with Gasteiger partial charge in [-0.3, -0.25) is 4.79 Å². The van der Waals surface area contributed by atoms with Gasteiger partial charge in [-0.05, 0) is 36.6 Å². The molecule has 0 radical (unpaired) electrons. The Bertz CT molecular complexity index is 575. The Morgan fingerprint density at radius 1 is 1.40 bits per heavy atom. The van der Waals surface area contributed by atoms with Crippen LogP contribution in [0.15, 0.2) is 30.1 Å². The van der Waals surface area contributed by atoms with E-state index in [4.69, 9.17) is 9.47 Å². The zero-order chi connectivity index (χ0) is 14.2. The van der Waals surface area contributed by atoms with Gasteiger partial charge < -0.3 is 14.2 Å². The molecule has 0 spiro atoms. The lowest BCUT2D eigenvalue weighted by Crippen LogP contribution is -2.06. The van der Waals surface area contributed by atoms with Gasteiger partial charge in [-0.15, -0.1) is 0 Å². The smallest absolute Gasteiger partial charge is 0.303 e. The van der Waals surface area contributed by atoms with Crippen molar-refractivity contribution in [3.05, 3.63) is 35.7 Å². The summed E-state index contributed by atoms with van der Waals surface area (Å²) in [6, 6.07) is 5.66. The van der Waals surface area contributed by atoms with Gasteiger partial charge in [0.1, 0.15) is 12.4 Å². The molecule has 0 amide bonds. The summed E-state index contributed by atoms with van der Waals surface area (Å²) in [7, 11) is 0. The molecule has 5 heteroatoms. The number of fused-ring (bicyclic) bond motifs is 1. The van der Waals surface area contributed by atoms with Gasteiger partial charge in [-0.25, -0.2) is 4.39 Å². The first kappa shape index (κ1) is 13.0. The third-order valence-electron chi connectivity index (χ3n) is 3.58. The number of carbonyl (C=O) groups excluding carboxylic acids is 1. The van der Waals surface area contributed by atoms with Gasteiger partial charge in [0, 0.05) is 12.3 Å². The number of esters is 1. The second kappa shape index (κ2) is 4.81. The van der Waals surface area contributed by atoms with Crippen LogP contribution in [0.1, 0.15) is 25.3 Å². The van der Waals surface area contributed by atoms with Crippen molar-refractivity contribution in [1.82, 2.24) is 0 Å². The van der Waals surface area contributed by atoms with Gasteiger partial charge in [0.15, 0.2) is 11.5 Å². The zero-order valence-corrected chi connectivity index (χ0v) is 11.1. The maximum absolute atomic E-state index is 13.8. The van der Waals surface area contributed by atoms with Crippen LogP contribution in [-0.2, 0) is 14.9 Å². The van der Waals surface area contributed by atoms with Crippen molar-refractivity contribution >= 4 is 5.97 Å². The van der Waals surface area contributed by atoms with Gasteiger partial charge >= 0.3 is 5.97 Å². The van der Waals surface area contributed by atoms with E-state index in [-0.39, 0.29) is 18.8 Å². The molecule has 20 heavy (non-hydrogen) atoms. The van der Waals surface area contributed by atoms with E-state index in [1.54, 1.807) is 6.08 Å². The molecule has 0 aromatic heterocycles. The molecule has 0 N–H and O–H groups in total. The third kappa shape index (κ3) is 2.48. The van der Waals surface area contributed by atoms with Gasteiger partial charge in [0.2, 0.25) is 6.79 Å². The summed E-state index contributed by atoms with van der Waals surface area (Å²) in [4.78, 5) is 10.7. The maximum atomic E-state index is 13.8. The van der Waals surface area contributed by atoms with Crippen LogP contribution in [-0.4, -0.2) is 19.4 Å². The monoisotopic (exact) mass is 278 g/mol. The topological polar surface area (TPSA) is 44.8 Å². The van der Waals surface area contributed by atoms with Crippen LogP contribution in [0.4, 0.5) is 4.39 Å². The molecule has 0 saturated heterocycles. The van der Waals surface area contributed by atoms with E-state index < -0.39 is 11.8 Å². The Balaban J connectivity index is 1.78. The van der Waals surface area contributed by atoms with E-state index in [0.717, 1.165) is 18.4 Å². The highest BCUT2D eigenvalue weighted by Crippen LogP contribution is 2.52. The first-order valence-electron chi connectivity index (χ1n) is 6.50. The second-order valence-corrected chi connectivity index (χ2v) is 5.10. The zero-order valence-electron chi connectivity index (χ0n) is 11.1. The Hall–Kier alpha value is -2.04. The Kier molecular flexibility index (Phi) is 3.12. The molecule has 3 rings (SSSR count). The van der Waals surface area contributed by atoms with Crippen LogP contribution in [0.2, 0.25) is 0 Å². The van der Waals surface area contributed by atoms with E-state index in [9.17, 15) is 9.18 Å². The number of benzene rings is 1. The third-order valence-corrected chi connectivity index (χ3v) is 3.58. The largest absolute Gasteiger partial charge is 0.459 e. The quantitative estimate of drug-likeness (QED) is 0.794. The van der Waals surface area contributed by atoms with E-state index in [1.807, 2.05) is 18.2 Å². The van der Waals surface area contributed by atoms with Crippen molar-refractivity contribution < 1.29 is 23.4 Å². The van der Waals surface area contributed by atoms with Crippen molar-refractivity contribution in [2.24, 2.45) is 0 Å². The predicted octanol–water partition coefficient (Wildman–Crippen LogP) is 2.86. The van der Waals surface area contributed by atoms with E-state index >= 15 is 0 Å². The van der Waals surface area contributed by atoms with E-state index in [2.05, 4.69) is 4.74 Å². The normalized spacial score (nSPS) is 18.8. The second-order valence-electron chi connectivity index (χ2n) is 5.10. The lowest BCUT2D eigenvalue weighted by atomic mass is 9.95. The Labute approximate surface area is 116 Å². The average Bonchev–Trinajstić information content (AvgIpc) is 3.03. The fourth-order valence-corrected chi connectivity index (χ4v) is 2.37. The van der Waals surface area contributed by atoms with Crippen LogP contribution in [0.5, 0.6) is 11.5 Å². The molecule has 1 heterocycles. The van der Waals surface area contributed by atoms with Gasteiger partial charge in [-0.2, -0.15) is 0 Å². The minimum Gasteiger partial charge on any atom is -0.459 e. The molecule has 1 aliphatic heterocycles. The van der Waals surface area contributed by atoms with Crippen molar-refractivity contribution in [3.8, 4) is 11.5 Å². The number of hydrogen-bond donors (Lipinski definition) is 0. The number of allylic oxidation sites excluding steroid dienone is 1. The predicted molar refractivity (Wildman–Crippen MR) is 69.3 cm³/mol. The van der Waals surface area contributed by atoms with Crippen LogP contribution in [0.3, 0.4) is 0 Å². The minimum atomic E-state index is -0.485. The van der Waals surface area contributed by atoms with Gasteiger partial charge in [0.25, 0.3) is 0 Å². The first-order valence-corrected chi connectivity index (χ1v) is 6.50. The van der Waals surface area contributed by atoms with Crippen molar-refractivity contribution in [2.75, 3.05) is 13.4 Å². The Morgan fingerprint density at radius 3 is 2.85 bits per heavy atom. The molecule has 1 aromatic carbocycles. The van der Waals surface area contributed by atoms with Crippen LogP contribution < -0.4 is 9.47 Å². The number of carbonyl (C=O) groups is 1. The van der Waals surface area contributed by atoms with E-state index in [1.165, 1.54) is 6.92 Å².